The number of carbonyl (C=O) groups excluding carboxylic acids is 1. The van der Waals surface area contributed by atoms with Crippen molar-refractivity contribution >= 4 is 28.9 Å². The second-order valence-corrected chi connectivity index (χ2v) is 5.63. The van der Waals surface area contributed by atoms with Crippen molar-refractivity contribution in [2.24, 2.45) is 0 Å². The van der Waals surface area contributed by atoms with E-state index in [0.717, 1.165) is 12.1 Å². The number of aromatic nitrogens is 1. The number of anilines is 2. The molecule has 2 rings (SSSR count). The van der Waals surface area contributed by atoms with Gasteiger partial charge in [-0.05, 0) is 44.2 Å². The minimum absolute atomic E-state index is 0.101. The van der Waals surface area contributed by atoms with Gasteiger partial charge in [-0.2, -0.15) is 13.2 Å². The standard InChI is InChI=1S/C17H17ClF3N3O/c1-3-24(4-2)16(25)15-10-12(7-8-22-15)23-14-9-11(17(19,20)21)5-6-13(14)18/h5-10H,3-4H2,1-2H3,(H,22,23). The van der Waals surface area contributed by atoms with Crippen LogP contribution in [0.4, 0.5) is 24.5 Å². The molecule has 1 amide bonds. The van der Waals surface area contributed by atoms with Crippen LogP contribution >= 0.6 is 11.6 Å². The summed E-state index contributed by atoms with van der Waals surface area (Å²) in [5, 5.41) is 2.95. The highest BCUT2D eigenvalue weighted by Crippen LogP contribution is 2.35. The van der Waals surface area contributed by atoms with Crippen LogP contribution in [0.5, 0.6) is 0 Å². The molecule has 1 heterocycles. The number of hydrogen-bond donors (Lipinski definition) is 1. The summed E-state index contributed by atoms with van der Waals surface area (Å²) in [6, 6.07) is 6.05. The van der Waals surface area contributed by atoms with E-state index in [1.165, 1.54) is 18.3 Å². The molecule has 0 aliphatic carbocycles. The van der Waals surface area contributed by atoms with Crippen molar-refractivity contribution in [1.82, 2.24) is 9.88 Å². The molecule has 8 heteroatoms. The van der Waals surface area contributed by atoms with Crippen molar-refractivity contribution in [3.05, 3.63) is 52.8 Å². The maximum Gasteiger partial charge on any atom is 0.416 e. The first-order valence-electron chi connectivity index (χ1n) is 7.65. The molecule has 134 valence electrons. The first-order valence-corrected chi connectivity index (χ1v) is 8.03. The predicted molar refractivity (Wildman–Crippen MR) is 91.2 cm³/mol. The average Bonchev–Trinajstić information content (AvgIpc) is 2.57. The Balaban J connectivity index is 2.30. The van der Waals surface area contributed by atoms with E-state index in [4.69, 9.17) is 11.6 Å². The third-order valence-electron chi connectivity index (χ3n) is 3.60. The van der Waals surface area contributed by atoms with Gasteiger partial charge in [0, 0.05) is 25.0 Å². The lowest BCUT2D eigenvalue weighted by Gasteiger charge is -2.18. The lowest BCUT2D eigenvalue weighted by molar-refractivity contribution is -0.137. The molecule has 4 nitrogen and oxygen atoms in total. The molecular formula is C17H17ClF3N3O. The minimum Gasteiger partial charge on any atom is -0.354 e. The Morgan fingerprint density at radius 2 is 1.88 bits per heavy atom. The van der Waals surface area contributed by atoms with Gasteiger partial charge in [-0.15, -0.1) is 0 Å². The topological polar surface area (TPSA) is 45.2 Å². The number of nitrogens with zero attached hydrogens (tertiary/aromatic N) is 2. The lowest BCUT2D eigenvalue weighted by atomic mass is 10.2. The molecule has 0 radical (unpaired) electrons. The van der Waals surface area contributed by atoms with Crippen LogP contribution in [0.25, 0.3) is 0 Å². The van der Waals surface area contributed by atoms with Crippen LogP contribution in [-0.2, 0) is 6.18 Å². The molecule has 0 spiro atoms. The Labute approximate surface area is 148 Å². The van der Waals surface area contributed by atoms with Crippen LogP contribution in [0.1, 0.15) is 29.9 Å². The smallest absolute Gasteiger partial charge is 0.354 e. The van der Waals surface area contributed by atoms with E-state index in [2.05, 4.69) is 10.3 Å². The van der Waals surface area contributed by atoms with Crippen LogP contribution in [-0.4, -0.2) is 28.9 Å². The van der Waals surface area contributed by atoms with Gasteiger partial charge in [-0.1, -0.05) is 11.6 Å². The molecule has 0 fully saturated rings. The summed E-state index contributed by atoms with van der Waals surface area (Å²) in [7, 11) is 0. The van der Waals surface area contributed by atoms with E-state index in [1.54, 1.807) is 11.0 Å². The summed E-state index contributed by atoms with van der Waals surface area (Å²) in [5.41, 5.74) is -0.0830. The van der Waals surface area contributed by atoms with Crippen molar-refractivity contribution in [2.45, 2.75) is 20.0 Å². The average molecular weight is 372 g/mol. The molecule has 0 saturated carbocycles. The van der Waals surface area contributed by atoms with Crippen molar-refractivity contribution in [2.75, 3.05) is 18.4 Å². The molecule has 1 N–H and O–H groups in total. The van der Waals surface area contributed by atoms with E-state index in [-0.39, 0.29) is 22.3 Å². The van der Waals surface area contributed by atoms with E-state index in [1.807, 2.05) is 13.8 Å². The molecule has 0 saturated heterocycles. The SMILES string of the molecule is CCN(CC)C(=O)c1cc(Nc2cc(C(F)(F)F)ccc2Cl)ccn1. The van der Waals surface area contributed by atoms with Gasteiger partial charge in [0.25, 0.3) is 5.91 Å². The first-order chi connectivity index (χ1) is 11.8. The van der Waals surface area contributed by atoms with Crippen LogP contribution in [0.3, 0.4) is 0 Å². The lowest BCUT2D eigenvalue weighted by Crippen LogP contribution is -2.31. The van der Waals surface area contributed by atoms with Crippen LogP contribution in [0.15, 0.2) is 36.5 Å². The number of nitrogens with one attached hydrogen (secondary N) is 1. The van der Waals surface area contributed by atoms with Crippen LogP contribution in [0, 0.1) is 0 Å². The maximum absolute atomic E-state index is 12.8. The number of benzene rings is 1. The number of hydrogen-bond acceptors (Lipinski definition) is 3. The van der Waals surface area contributed by atoms with Gasteiger partial charge >= 0.3 is 6.18 Å². The number of carbonyl (C=O) groups is 1. The highest BCUT2D eigenvalue weighted by molar-refractivity contribution is 6.33. The Morgan fingerprint density at radius 1 is 1.20 bits per heavy atom. The monoisotopic (exact) mass is 371 g/mol. The molecule has 1 aromatic heterocycles. The van der Waals surface area contributed by atoms with Gasteiger partial charge in [0.15, 0.2) is 0 Å². The summed E-state index contributed by atoms with van der Waals surface area (Å²) in [5.74, 6) is -0.246. The fourth-order valence-electron chi connectivity index (χ4n) is 2.25. The Bertz CT molecular complexity index is 761. The first kappa shape index (κ1) is 19.1. The molecule has 0 atom stereocenters. The van der Waals surface area contributed by atoms with E-state index in [0.29, 0.717) is 18.8 Å². The Hall–Kier alpha value is -2.28. The molecule has 0 bridgehead atoms. The van der Waals surface area contributed by atoms with Crippen molar-refractivity contribution in [3.63, 3.8) is 0 Å². The van der Waals surface area contributed by atoms with Gasteiger partial charge in [-0.25, -0.2) is 0 Å². The van der Waals surface area contributed by atoms with Crippen LogP contribution < -0.4 is 5.32 Å². The van der Waals surface area contributed by atoms with E-state index >= 15 is 0 Å². The number of amides is 1. The fraction of sp³-hybridized carbons (Fsp3) is 0.294. The van der Waals surface area contributed by atoms with Gasteiger partial charge in [0.2, 0.25) is 0 Å². The largest absolute Gasteiger partial charge is 0.416 e. The predicted octanol–water partition coefficient (Wildman–Crippen LogP) is 4.98. The Kier molecular flexibility index (Phi) is 5.89. The van der Waals surface area contributed by atoms with Gasteiger partial charge < -0.3 is 10.2 Å². The third-order valence-corrected chi connectivity index (χ3v) is 3.93. The summed E-state index contributed by atoms with van der Waals surface area (Å²) in [6.45, 7) is 4.78. The summed E-state index contributed by atoms with van der Waals surface area (Å²) < 4.78 is 38.5. The second-order valence-electron chi connectivity index (χ2n) is 5.22. The minimum atomic E-state index is -4.47. The fourth-order valence-corrected chi connectivity index (χ4v) is 2.42. The van der Waals surface area contributed by atoms with Crippen molar-refractivity contribution < 1.29 is 18.0 Å². The molecule has 0 aliphatic heterocycles. The molecule has 25 heavy (non-hydrogen) atoms. The molecular weight excluding hydrogens is 355 g/mol. The van der Waals surface area contributed by atoms with Crippen LogP contribution in [0.2, 0.25) is 5.02 Å². The highest BCUT2D eigenvalue weighted by Gasteiger charge is 2.31. The Morgan fingerprint density at radius 3 is 2.48 bits per heavy atom. The quantitative estimate of drug-likeness (QED) is 0.806. The van der Waals surface area contributed by atoms with Gasteiger partial charge in [-0.3, -0.25) is 9.78 Å². The molecule has 0 aliphatic rings. The summed E-state index contributed by atoms with van der Waals surface area (Å²) in [4.78, 5) is 18.0. The highest BCUT2D eigenvalue weighted by atomic mass is 35.5. The van der Waals surface area contributed by atoms with Crippen molar-refractivity contribution in [1.29, 1.82) is 0 Å². The number of pyridine rings is 1. The zero-order valence-electron chi connectivity index (χ0n) is 13.7. The molecule has 2 aromatic rings. The number of halogens is 4. The van der Waals surface area contributed by atoms with Gasteiger partial charge in [0.05, 0.1) is 16.3 Å². The maximum atomic E-state index is 12.8. The van der Waals surface area contributed by atoms with E-state index in [9.17, 15) is 18.0 Å². The second kappa shape index (κ2) is 7.74. The van der Waals surface area contributed by atoms with E-state index < -0.39 is 11.7 Å². The zero-order chi connectivity index (χ0) is 18.6. The summed E-state index contributed by atoms with van der Waals surface area (Å²) in [6.07, 6.45) is -3.05. The number of rotatable bonds is 5. The van der Waals surface area contributed by atoms with Crippen molar-refractivity contribution in [3.8, 4) is 0 Å². The van der Waals surface area contributed by atoms with Gasteiger partial charge in [0.1, 0.15) is 5.69 Å². The number of alkyl halides is 3. The zero-order valence-corrected chi connectivity index (χ0v) is 14.4. The molecule has 0 unspecified atom stereocenters. The third kappa shape index (κ3) is 4.63. The summed E-state index contributed by atoms with van der Waals surface area (Å²) >= 11 is 5.97. The molecule has 1 aromatic carbocycles. The normalized spacial score (nSPS) is 11.3.